The first-order valence-electron chi connectivity index (χ1n) is 11.3. The molecule has 0 rings (SSSR count). The zero-order valence-electron chi connectivity index (χ0n) is 21.7. The SMILES string of the molecule is C=C[C@H](O[Si](C(C)C)(C(C)C)C(C)C)[C@@H](F)[C@H](O)[C@H](O[Si](C)(C)C(C)(C)C)C(=C)C. The summed E-state index contributed by atoms with van der Waals surface area (Å²) in [6, 6.07) is 0. The lowest BCUT2D eigenvalue weighted by Crippen LogP contribution is -2.55. The minimum Gasteiger partial charge on any atom is -0.408 e. The molecule has 0 spiro atoms. The second kappa shape index (κ2) is 11.0. The molecule has 0 aliphatic rings. The average molecular weight is 461 g/mol. The van der Waals surface area contributed by atoms with Crippen LogP contribution in [0.1, 0.15) is 69.2 Å². The summed E-state index contributed by atoms with van der Waals surface area (Å²) in [5.41, 5.74) is 1.55. The van der Waals surface area contributed by atoms with Crippen molar-refractivity contribution in [2.24, 2.45) is 0 Å². The van der Waals surface area contributed by atoms with E-state index in [4.69, 9.17) is 8.85 Å². The maximum absolute atomic E-state index is 15.7. The molecule has 0 fully saturated rings. The quantitative estimate of drug-likeness (QED) is 0.243. The average Bonchev–Trinajstić information content (AvgIpc) is 2.57. The van der Waals surface area contributed by atoms with Crippen LogP contribution in [0.5, 0.6) is 0 Å². The van der Waals surface area contributed by atoms with Gasteiger partial charge in [0, 0.05) is 0 Å². The van der Waals surface area contributed by atoms with Crippen LogP contribution in [0.15, 0.2) is 24.8 Å². The Bertz CT molecular complexity index is 546. The molecule has 30 heavy (non-hydrogen) atoms. The molecule has 3 nitrogen and oxygen atoms in total. The fourth-order valence-corrected chi connectivity index (χ4v) is 11.0. The summed E-state index contributed by atoms with van der Waals surface area (Å²) >= 11 is 0. The van der Waals surface area contributed by atoms with Crippen LogP contribution in [-0.4, -0.2) is 46.2 Å². The predicted octanol–water partition coefficient (Wildman–Crippen LogP) is 7.40. The first-order valence-corrected chi connectivity index (χ1v) is 16.4. The largest absolute Gasteiger partial charge is 0.408 e. The highest BCUT2D eigenvalue weighted by atomic mass is 28.4. The smallest absolute Gasteiger partial charge is 0.201 e. The molecule has 0 heterocycles. The maximum atomic E-state index is 15.7. The van der Waals surface area contributed by atoms with Crippen molar-refractivity contribution in [3.05, 3.63) is 24.8 Å². The van der Waals surface area contributed by atoms with Gasteiger partial charge in [-0.15, -0.1) is 6.58 Å². The predicted molar refractivity (Wildman–Crippen MR) is 134 cm³/mol. The van der Waals surface area contributed by atoms with Crippen LogP contribution in [0.3, 0.4) is 0 Å². The standard InChI is InChI=1S/C24H49FO3Si2/c1-15-20(27-30(17(4)5,18(6)7)19(8)9)21(25)22(26)23(16(2)3)28-29(13,14)24(10,11)12/h15,17-23,26H,1-2H2,3-14H3/t20-,21+,22-,23+/m0/s1. The summed E-state index contributed by atoms with van der Waals surface area (Å²) in [7, 11) is -4.57. The van der Waals surface area contributed by atoms with E-state index in [1.54, 1.807) is 6.92 Å². The van der Waals surface area contributed by atoms with Gasteiger partial charge in [-0.05, 0) is 41.7 Å². The van der Waals surface area contributed by atoms with Gasteiger partial charge in [-0.25, -0.2) is 4.39 Å². The van der Waals surface area contributed by atoms with Crippen LogP contribution in [0, 0.1) is 0 Å². The van der Waals surface area contributed by atoms with Gasteiger partial charge in [-0.3, -0.25) is 0 Å². The highest BCUT2D eigenvalue weighted by Crippen LogP contribution is 2.44. The van der Waals surface area contributed by atoms with Gasteiger partial charge >= 0.3 is 0 Å². The second-order valence-corrected chi connectivity index (χ2v) is 21.4. The Hall–Kier alpha value is -0.276. The summed E-state index contributed by atoms with van der Waals surface area (Å²) in [6.07, 6.45) is -3.16. The monoisotopic (exact) mass is 460 g/mol. The Morgan fingerprint density at radius 3 is 1.63 bits per heavy atom. The van der Waals surface area contributed by atoms with E-state index in [9.17, 15) is 5.11 Å². The van der Waals surface area contributed by atoms with Crippen molar-refractivity contribution < 1.29 is 18.3 Å². The third kappa shape index (κ3) is 6.61. The molecular weight excluding hydrogens is 411 g/mol. The van der Waals surface area contributed by atoms with Crippen molar-refractivity contribution in [1.82, 2.24) is 0 Å². The van der Waals surface area contributed by atoms with Crippen LogP contribution in [0.2, 0.25) is 34.8 Å². The van der Waals surface area contributed by atoms with Gasteiger partial charge in [0.1, 0.15) is 6.10 Å². The van der Waals surface area contributed by atoms with Crippen molar-refractivity contribution in [3.8, 4) is 0 Å². The summed E-state index contributed by atoms with van der Waals surface area (Å²) in [6.45, 7) is 33.1. The molecule has 0 aromatic heterocycles. The van der Waals surface area contributed by atoms with Gasteiger partial charge < -0.3 is 14.0 Å². The molecule has 6 heteroatoms. The molecule has 0 aromatic carbocycles. The molecule has 0 radical (unpaired) electrons. The molecule has 1 N–H and O–H groups in total. The van der Waals surface area contributed by atoms with Crippen molar-refractivity contribution in [2.75, 3.05) is 0 Å². The van der Waals surface area contributed by atoms with E-state index in [1.807, 2.05) is 0 Å². The fraction of sp³-hybridized carbons (Fsp3) is 0.833. The zero-order chi connectivity index (χ0) is 24.2. The summed E-state index contributed by atoms with van der Waals surface area (Å²) < 4.78 is 28.7. The molecule has 0 bridgehead atoms. The molecule has 0 amide bonds. The van der Waals surface area contributed by atoms with Crippen LogP contribution in [-0.2, 0) is 8.85 Å². The highest BCUT2D eigenvalue weighted by molar-refractivity contribution is 6.77. The molecule has 178 valence electrons. The zero-order valence-corrected chi connectivity index (χ0v) is 23.7. The van der Waals surface area contributed by atoms with E-state index in [-0.39, 0.29) is 5.04 Å². The Morgan fingerprint density at radius 2 is 1.37 bits per heavy atom. The lowest BCUT2D eigenvalue weighted by atomic mass is 10.0. The van der Waals surface area contributed by atoms with Crippen molar-refractivity contribution >= 4 is 16.6 Å². The fourth-order valence-electron chi connectivity index (χ4n) is 4.20. The third-order valence-corrected chi connectivity index (χ3v) is 17.5. The first kappa shape index (κ1) is 29.7. The lowest BCUT2D eigenvalue weighted by Gasteiger charge is -2.46. The minimum absolute atomic E-state index is 0.0600. The van der Waals surface area contributed by atoms with Gasteiger partial charge in [-0.2, -0.15) is 0 Å². The Balaban J connectivity index is 5.92. The van der Waals surface area contributed by atoms with E-state index in [1.165, 1.54) is 6.08 Å². The van der Waals surface area contributed by atoms with Gasteiger partial charge in [0.25, 0.3) is 0 Å². The molecule has 4 atom stereocenters. The van der Waals surface area contributed by atoms with Crippen LogP contribution >= 0.6 is 0 Å². The summed E-state index contributed by atoms with van der Waals surface area (Å²) in [4.78, 5) is 0. The normalized spacial score (nSPS) is 17.9. The maximum Gasteiger partial charge on any atom is 0.201 e. The van der Waals surface area contributed by atoms with Crippen molar-refractivity contribution in [3.63, 3.8) is 0 Å². The van der Waals surface area contributed by atoms with E-state index in [0.717, 1.165) is 0 Å². The molecule has 0 unspecified atom stereocenters. The lowest BCUT2D eigenvalue weighted by molar-refractivity contribution is -0.0393. The molecule has 0 saturated heterocycles. The van der Waals surface area contributed by atoms with Crippen molar-refractivity contribution in [1.29, 1.82) is 0 Å². The molecule has 0 aliphatic carbocycles. The summed E-state index contributed by atoms with van der Waals surface area (Å²) in [5, 5.41) is 11.0. The highest BCUT2D eigenvalue weighted by Gasteiger charge is 2.49. The van der Waals surface area contributed by atoms with E-state index >= 15 is 4.39 Å². The number of aliphatic hydroxyl groups is 1. The molecular formula is C24H49FO3Si2. The first-order chi connectivity index (χ1) is 13.4. The van der Waals surface area contributed by atoms with E-state index in [2.05, 4.69) is 88.6 Å². The Labute approximate surface area is 188 Å². The van der Waals surface area contributed by atoms with Crippen LogP contribution < -0.4 is 0 Å². The third-order valence-electron chi connectivity index (χ3n) is 6.94. The Kier molecular flexibility index (Phi) is 10.9. The molecule has 0 saturated carbocycles. The summed E-state index contributed by atoms with van der Waals surface area (Å²) in [5.74, 6) is 0. The molecule has 0 aromatic rings. The number of aliphatic hydroxyl groups excluding tert-OH is 1. The Morgan fingerprint density at radius 1 is 0.967 bits per heavy atom. The van der Waals surface area contributed by atoms with E-state index < -0.39 is 41.1 Å². The van der Waals surface area contributed by atoms with Gasteiger partial charge in [-0.1, -0.05) is 80.5 Å². The second-order valence-electron chi connectivity index (χ2n) is 11.2. The van der Waals surface area contributed by atoms with Gasteiger partial charge in [0.15, 0.2) is 14.5 Å². The van der Waals surface area contributed by atoms with Gasteiger partial charge in [0.2, 0.25) is 8.32 Å². The number of rotatable bonds is 12. The number of alkyl halides is 1. The van der Waals surface area contributed by atoms with Gasteiger partial charge in [0.05, 0.1) is 12.2 Å². The van der Waals surface area contributed by atoms with E-state index in [0.29, 0.717) is 22.2 Å². The number of halogens is 1. The van der Waals surface area contributed by atoms with Crippen LogP contribution in [0.4, 0.5) is 4.39 Å². The topological polar surface area (TPSA) is 38.7 Å². The number of hydrogen-bond acceptors (Lipinski definition) is 3. The minimum atomic E-state index is -2.34. The molecule has 0 aliphatic heterocycles. The van der Waals surface area contributed by atoms with Crippen LogP contribution in [0.25, 0.3) is 0 Å². The van der Waals surface area contributed by atoms with Crippen molar-refractivity contribution in [2.45, 2.75) is 128 Å². The number of hydrogen-bond donors (Lipinski definition) is 1.